The number of carbonyl (C=O) groups excluding carboxylic acids is 1. The van der Waals surface area contributed by atoms with Gasteiger partial charge in [0.15, 0.2) is 5.65 Å². The summed E-state index contributed by atoms with van der Waals surface area (Å²) in [5, 5.41) is 11.3. The van der Waals surface area contributed by atoms with Crippen molar-refractivity contribution >= 4 is 62.7 Å². The number of nitrogens with zero attached hydrogens (tertiary/aromatic N) is 5. The molecule has 4 N–H and O–H groups in total. The molecule has 0 radical (unpaired) electrons. The van der Waals surface area contributed by atoms with Gasteiger partial charge in [0.05, 0.1) is 37.7 Å². The highest BCUT2D eigenvalue weighted by atomic mass is 35.5. The van der Waals surface area contributed by atoms with E-state index in [1.807, 2.05) is 13.0 Å². The van der Waals surface area contributed by atoms with Crippen molar-refractivity contribution in [3.8, 4) is 11.1 Å². The molecule has 0 aliphatic heterocycles. The molecule has 9 nitrogen and oxygen atoms in total. The minimum absolute atomic E-state index is 0.0695. The molecule has 0 unspecified atom stereocenters. The number of amidine groups is 1. The lowest BCUT2D eigenvalue weighted by atomic mass is 9.92. The van der Waals surface area contributed by atoms with E-state index in [0.717, 1.165) is 15.8 Å². The maximum atomic E-state index is 14.4. The second-order valence-corrected chi connectivity index (χ2v) is 13.6. The molecular formula is C33H31ClF4N8OS2. The Morgan fingerprint density at radius 3 is 2.57 bits per heavy atom. The quantitative estimate of drug-likeness (QED) is 0.0562. The van der Waals surface area contributed by atoms with Crippen LogP contribution in [-0.4, -0.2) is 44.8 Å². The van der Waals surface area contributed by atoms with Gasteiger partial charge in [-0.05, 0) is 74.4 Å². The molecule has 16 heteroatoms. The fourth-order valence-electron chi connectivity index (χ4n) is 6.32. The summed E-state index contributed by atoms with van der Waals surface area (Å²) < 4.78 is 62.8. The second-order valence-electron chi connectivity index (χ2n) is 11.5. The zero-order valence-corrected chi connectivity index (χ0v) is 29.0. The number of pyridine rings is 1. The zero-order valence-electron chi connectivity index (χ0n) is 26.6. The monoisotopic (exact) mass is 730 g/mol. The maximum absolute atomic E-state index is 14.4. The molecule has 1 aliphatic carbocycles. The normalized spacial score (nSPS) is 13.7. The van der Waals surface area contributed by atoms with Crippen LogP contribution < -0.4 is 16.4 Å². The summed E-state index contributed by atoms with van der Waals surface area (Å²) in [5.74, 6) is -1.94. The Balaban J connectivity index is 1.50. The second kappa shape index (κ2) is 14.3. The first kappa shape index (κ1) is 34.6. The number of aromatic nitrogens is 4. The summed E-state index contributed by atoms with van der Waals surface area (Å²) in [6.07, 6.45) is 0.598. The number of halogens is 5. The number of alkyl halides is 2. The first-order chi connectivity index (χ1) is 23.5. The van der Waals surface area contributed by atoms with Crippen molar-refractivity contribution in [1.82, 2.24) is 25.1 Å². The molecule has 6 rings (SSSR count). The van der Waals surface area contributed by atoms with E-state index in [9.17, 15) is 22.4 Å². The average molecular weight is 731 g/mol. The summed E-state index contributed by atoms with van der Waals surface area (Å²) in [7, 11) is 1.71. The standard InChI is InChI=1S/C33H31ClF4N8OS2/c1-15-41-33-25(49-15)13-21(19-7-8-22(34)27(29(19)40-2)32(39)45-48-3)28(43-33)23(11-16-9-17(35)12-18(36)10-16)42-26(47)14-46-24-6-4-5-20(24)30(44-46)31(37)38/h7-10,12-13,23,31,40H,4-6,11,14H2,1-3H3,(H2,39,45)(H,42,47)/t23-/m1/s1. The zero-order chi connectivity index (χ0) is 35.0. The fraction of sp³-hybridized carbons (Fsp3) is 0.303. The number of benzene rings is 2. The summed E-state index contributed by atoms with van der Waals surface area (Å²) in [6.45, 7) is 1.50. The number of anilines is 1. The number of carbonyl (C=O) groups is 1. The van der Waals surface area contributed by atoms with Gasteiger partial charge in [0.1, 0.15) is 29.7 Å². The highest BCUT2D eigenvalue weighted by Crippen LogP contribution is 2.41. The molecule has 0 saturated carbocycles. The van der Waals surface area contributed by atoms with Crippen molar-refractivity contribution in [2.45, 2.75) is 51.6 Å². The minimum atomic E-state index is -2.77. The van der Waals surface area contributed by atoms with Crippen LogP contribution in [0, 0.1) is 18.6 Å². The van der Waals surface area contributed by atoms with Crippen LogP contribution >= 0.6 is 34.9 Å². The van der Waals surface area contributed by atoms with Crippen molar-refractivity contribution in [1.29, 1.82) is 0 Å². The first-order valence-corrected chi connectivity index (χ1v) is 17.6. The molecule has 1 atom stereocenters. The Labute approximate surface area is 292 Å². The topological polar surface area (TPSA) is 123 Å². The Hall–Kier alpha value is -4.21. The number of aryl methyl sites for hydroxylation is 1. The molecule has 3 aromatic heterocycles. The lowest BCUT2D eigenvalue weighted by Gasteiger charge is -2.24. The summed E-state index contributed by atoms with van der Waals surface area (Å²) in [6, 6.07) is 7.51. The molecule has 3 heterocycles. The van der Waals surface area contributed by atoms with Crippen molar-refractivity contribution in [3.63, 3.8) is 0 Å². The molecule has 0 spiro atoms. The highest BCUT2D eigenvalue weighted by molar-refractivity contribution is 7.97. The van der Waals surface area contributed by atoms with Gasteiger partial charge in [-0.2, -0.15) is 9.50 Å². The fourth-order valence-corrected chi connectivity index (χ4v) is 7.68. The summed E-state index contributed by atoms with van der Waals surface area (Å²) >= 11 is 9.22. The van der Waals surface area contributed by atoms with Crippen molar-refractivity contribution in [2.75, 3.05) is 18.6 Å². The van der Waals surface area contributed by atoms with Gasteiger partial charge < -0.3 is 16.4 Å². The summed E-state index contributed by atoms with van der Waals surface area (Å²) in [5.41, 5.74) is 10.3. The van der Waals surface area contributed by atoms with E-state index >= 15 is 0 Å². The smallest absolute Gasteiger partial charge is 0.282 e. The largest absolute Gasteiger partial charge is 0.387 e. The van der Waals surface area contributed by atoms with Crippen LogP contribution in [0.1, 0.15) is 57.7 Å². The van der Waals surface area contributed by atoms with Crippen LogP contribution in [0.25, 0.3) is 21.5 Å². The van der Waals surface area contributed by atoms with Crippen LogP contribution in [-0.2, 0) is 30.6 Å². The molecule has 2 aromatic carbocycles. The third-order valence-corrected chi connectivity index (χ3v) is 9.83. The molecule has 1 amide bonds. The number of nitrogens with two attached hydrogens (primary N) is 1. The molecule has 256 valence electrons. The minimum Gasteiger partial charge on any atom is -0.387 e. The van der Waals surface area contributed by atoms with Crippen molar-refractivity contribution < 1.29 is 22.4 Å². The van der Waals surface area contributed by atoms with Crippen molar-refractivity contribution in [2.24, 2.45) is 10.1 Å². The molecule has 1 aliphatic rings. The van der Waals surface area contributed by atoms with E-state index in [2.05, 4.69) is 25.1 Å². The number of nitrogens with one attached hydrogen (secondary N) is 2. The average Bonchev–Trinajstić information content (AvgIpc) is 3.75. The van der Waals surface area contributed by atoms with Crippen LogP contribution in [0.15, 0.2) is 40.8 Å². The van der Waals surface area contributed by atoms with Crippen LogP contribution in [0.5, 0.6) is 0 Å². The molecule has 0 saturated heterocycles. The molecule has 0 bridgehead atoms. The van der Waals surface area contributed by atoms with Crippen molar-refractivity contribution in [3.05, 3.63) is 91.8 Å². The Morgan fingerprint density at radius 2 is 1.88 bits per heavy atom. The van der Waals surface area contributed by atoms with Gasteiger partial charge in [-0.1, -0.05) is 17.7 Å². The first-order valence-electron chi connectivity index (χ1n) is 15.2. The van der Waals surface area contributed by atoms with E-state index in [4.69, 9.17) is 22.3 Å². The number of fused-ring (bicyclic) bond motifs is 2. The third kappa shape index (κ3) is 7.10. The van der Waals surface area contributed by atoms with E-state index < -0.39 is 30.0 Å². The summed E-state index contributed by atoms with van der Waals surface area (Å²) in [4.78, 5) is 23.3. The number of hydrogen-bond donors (Lipinski definition) is 3. The van der Waals surface area contributed by atoms with Gasteiger partial charge in [-0.25, -0.2) is 27.5 Å². The molecule has 49 heavy (non-hydrogen) atoms. The lowest BCUT2D eigenvalue weighted by molar-refractivity contribution is -0.122. The van der Waals surface area contributed by atoms with E-state index in [0.29, 0.717) is 69.3 Å². The Kier molecular flexibility index (Phi) is 10.1. The van der Waals surface area contributed by atoms with E-state index in [1.165, 1.54) is 40.1 Å². The SMILES string of the molecule is CNc1c(-c2cc3sc(C)nc3nc2[C@@H](Cc2cc(F)cc(F)c2)NC(=O)Cn2nc(C(F)F)c3c2CCC3)ccc(Cl)c1/C(N)=N/SC. The van der Waals surface area contributed by atoms with Gasteiger partial charge in [-0.3, -0.25) is 9.48 Å². The predicted molar refractivity (Wildman–Crippen MR) is 187 cm³/mol. The van der Waals surface area contributed by atoms with Gasteiger partial charge in [0.2, 0.25) is 5.91 Å². The number of hydrogen-bond acceptors (Lipinski definition) is 8. The highest BCUT2D eigenvalue weighted by Gasteiger charge is 2.30. The maximum Gasteiger partial charge on any atom is 0.282 e. The van der Waals surface area contributed by atoms with Gasteiger partial charge in [0, 0.05) is 41.8 Å². The van der Waals surface area contributed by atoms with Gasteiger partial charge in [-0.15, -0.1) is 11.3 Å². The van der Waals surface area contributed by atoms with Crippen LogP contribution in [0.4, 0.5) is 23.2 Å². The lowest BCUT2D eigenvalue weighted by Crippen LogP contribution is -2.34. The number of thiazole rings is 1. The number of amides is 1. The van der Waals surface area contributed by atoms with E-state index in [-0.39, 0.29) is 30.1 Å². The van der Waals surface area contributed by atoms with Crippen LogP contribution in [0.3, 0.4) is 0 Å². The van der Waals surface area contributed by atoms with Gasteiger partial charge in [0.25, 0.3) is 6.43 Å². The van der Waals surface area contributed by atoms with Crippen LogP contribution in [0.2, 0.25) is 5.02 Å². The number of rotatable bonds is 11. The molecular weight excluding hydrogens is 700 g/mol. The third-order valence-electron chi connectivity index (χ3n) is 8.23. The molecule has 5 aromatic rings. The van der Waals surface area contributed by atoms with Gasteiger partial charge >= 0.3 is 0 Å². The molecule has 0 fully saturated rings. The Morgan fingerprint density at radius 1 is 1.12 bits per heavy atom. The Bertz CT molecular complexity index is 2080. The van der Waals surface area contributed by atoms with E-state index in [1.54, 1.807) is 25.4 Å². The predicted octanol–water partition coefficient (Wildman–Crippen LogP) is 7.35.